The number of guanidine groups is 1. The summed E-state index contributed by atoms with van der Waals surface area (Å²) in [6.07, 6.45) is 1.67. The molecule has 1 amide bonds. The molecule has 1 aliphatic rings. The average molecular weight is 421 g/mol. The number of hydrogen-bond acceptors (Lipinski definition) is 5. The number of likely N-dealkylation sites (tertiary alicyclic amines) is 1. The fraction of sp³-hybridized carbons (Fsp3) is 0.636. The van der Waals surface area contributed by atoms with Gasteiger partial charge in [-0.1, -0.05) is 6.07 Å². The Bertz CT molecular complexity index is 722. The van der Waals surface area contributed by atoms with E-state index in [0.717, 1.165) is 44.0 Å². The van der Waals surface area contributed by atoms with Crippen molar-refractivity contribution >= 4 is 12.1 Å². The highest BCUT2D eigenvalue weighted by Crippen LogP contribution is 2.27. The number of nitrogens with zero attached hydrogens (tertiary/aromatic N) is 2. The predicted octanol–water partition coefficient (Wildman–Crippen LogP) is 3.02. The Morgan fingerprint density at radius 2 is 1.80 bits per heavy atom. The van der Waals surface area contributed by atoms with Crippen LogP contribution in [0.3, 0.4) is 0 Å². The minimum absolute atomic E-state index is 0.221. The lowest BCUT2D eigenvalue weighted by Crippen LogP contribution is -2.45. The van der Waals surface area contributed by atoms with Crippen LogP contribution in [0.1, 0.15) is 39.2 Å². The molecule has 0 bridgehead atoms. The maximum Gasteiger partial charge on any atom is 0.410 e. The predicted molar refractivity (Wildman–Crippen MR) is 118 cm³/mol. The molecule has 1 fully saturated rings. The highest BCUT2D eigenvalue weighted by atomic mass is 16.6. The van der Waals surface area contributed by atoms with Gasteiger partial charge in [0.1, 0.15) is 5.60 Å². The van der Waals surface area contributed by atoms with E-state index in [1.165, 1.54) is 0 Å². The van der Waals surface area contributed by atoms with Gasteiger partial charge < -0.3 is 29.7 Å². The van der Waals surface area contributed by atoms with E-state index < -0.39 is 5.60 Å². The van der Waals surface area contributed by atoms with E-state index in [-0.39, 0.29) is 6.09 Å². The summed E-state index contributed by atoms with van der Waals surface area (Å²) in [5.74, 6) is 2.65. The summed E-state index contributed by atoms with van der Waals surface area (Å²) >= 11 is 0. The summed E-state index contributed by atoms with van der Waals surface area (Å²) in [4.78, 5) is 18.3. The van der Waals surface area contributed by atoms with E-state index >= 15 is 0 Å². The molecule has 0 radical (unpaired) electrons. The topological polar surface area (TPSA) is 84.4 Å². The van der Waals surface area contributed by atoms with E-state index in [1.54, 1.807) is 26.2 Å². The first-order valence-corrected chi connectivity index (χ1v) is 10.4. The zero-order valence-corrected chi connectivity index (χ0v) is 19.1. The lowest BCUT2D eigenvalue weighted by molar-refractivity contribution is 0.0185. The van der Waals surface area contributed by atoms with Crippen molar-refractivity contribution in [2.24, 2.45) is 10.9 Å². The van der Waals surface area contributed by atoms with Crippen LogP contribution in [-0.4, -0.2) is 63.5 Å². The van der Waals surface area contributed by atoms with Crippen molar-refractivity contribution in [3.63, 3.8) is 0 Å². The summed E-state index contributed by atoms with van der Waals surface area (Å²) in [6.45, 7) is 8.55. The fourth-order valence-corrected chi connectivity index (χ4v) is 3.28. The molecule has 168 valence electrons. The number of benzene rings is 1. The molecule has 0 spiro atoms. The fourth-order valence-electron chi connectivity index (χ4n) is 3.28. The number of rotatable bonds is 6. The number of carbonyl (C=O) groups excluding carboxylic acids is 1. The van der Waals surface area contributed by atoms with Gasteiger partial charge in [-0.05, 0) is 57.2 Å². The van der Waals surface area contributed by atoms with Crippen molar-refractivity contribution < 1.29 is 19.0 Å². The molecule has 1 aromatic rings. The van der Waals surface area contributed by atoms with Gasteiger partial charge in [0.05, 0.1) is 14.2 Å². The molecule has 2 rings (SSSR count). The Morgan fingerprint density at radius 3 is 2.37 bits per heavy atom. The molecule has 1 heterocycles. The summed E-state index contributed by atoms with van der Waals surface area (Å²) in [6, 6.07) is 5.84. The maximum absolute atomic E-state index is 12.2. The van der Waals surface area contributed by atoms with Crippen LogP contribution in [0.5, 0.6) is 11.5 Å². The second kappa shape index (κ2) is 10.9. The van der Waals surface area contributed by atoms with E-state index in [4.69, 9.17) is 14.2 Å². The Hall–Kier alpha value is -2.64. The zero-order chi connectivity index (χ0) is 22.1. The summed E-state index contributed by atoms with van der Waals surface area (Å²) in [7, 11) is 5.01. The van der Waals surface area contributed by atoms with Crippen molar-refractivity contribution in [3.05, 3.63) is 23.8 Å². The molecule has 0 aliphatic carbocycles. The minimum Gasteiger partial charge on any atom is -0.493 e. The van der Waals surface area contributed by atoms with E-state index in [9.17, 15) is 4.79 Å². The van der Waals surface area contributed by atoms with E-state index in [2.05, 4.69) is 15.6 Å². The molecule has 8 heteroatoms. The SMILES string of the molecule is CN=C(NCc1ccc(OC)c(OC)c1)NCC1CCN(C(=O)OC(C)(C)C)CC1. The molecular weight excluding hydrogens is 384 g/mol. The normalized spacial score (nSPS) is 15.5. The van der Waals surface area contributed by atoms with Crippen molar-refractivity contribution in [1.82, 2.24) is 15.5 Å². The number of piperidine rings is 1. The van der Waals surface area contributed by atoms with Crippen LogP contribution >= 0.6 is 0 Å². The summed E-state index contributed by atoms with van der Waals surface area (Å²) < 4.78 is 16.1. The maximum atomic E-state index is 12.2. The molecule has 30 heavy (non-hydrogen) atoms. The van der Waals surface area contributed by atoms with Crippen LogP contribution in [0.4, 0.5) is 4.79 Å². The number of aliphatic imine (C=N–C) groups is 1. The number of amides is 1. The van der Waals surface area contributed by atoms with Gasteiger partial charge in [0.2, 0.25) is 0 Å². The molecule has 0 atom stereocenters. The summed E-state index contributed by atoms with van der Waals surface area (Å²) in [5.41, 5.74) is 0.614. The van der Waals surface area contributed by atoms with Crippen molar-refractivity contribution in [2.75, 3.05) is 40.9 Å². The van der Waals surface area contributed by atoms with Crippen LogP contribution in [-0.2, 0) is 11.3 Å². The van der Waals surface area contributed by atoms with Gasteiger partial charge in [-0.3, -0.25) is 4.99 Å². The van der Waals surface area contributed by atoms with Gasteiger partial charge in [0.25, 0.3) is 0 Å². The monoisotopic (exact) mass is 420 g/mol. The molecular formula is C22H36N4O4. The molecule has 1 aromatic carbocycles. The van der Waals surface area contributed by atoms with Gasteiger partial charge in [-0.15, -0.1) is 0 Å². The Kier molecular flexibility index (Phi) is 8.62. The largest absolute Gasteiger partial charge is 0.493 e. The number of hydrogen-bond donors (Lipinski definition) is 2. The third-order valence-corrected chi connectivity index (χ3v) is 4.96. The van der Waals surface area contributed by atoms with Crippen LogP contribution in [0.15, 0.2) is 23.2 Å². The Balaban J connectivity index is 1.76. The Labute approximate surface area is 180 Å². The van der Waals surface area contributed by atoms with Gasteiger partial charge in [-0.2, -0.15) is 0 Å². The van der Waals surface area contributed by atoms with Crippen LogP contribution < -0.4 is 20.1 Å². The van der Waals surface area contributed by atoms with Gasteiger partial charge in [0.15, 0.2) is 17.5 Å². The zero-order valence-electron chi connectivity index (χ0n) is 19.1. The molecule has 0 saturated carbocycles. The molecule has 1 aliphatic heterocycles. The van der Waals surface area contributed by atoms with Crippen LogP contribution in [0.25, 0.3) is 0 Å². The first-order chi connectivity index (χ1) is 14.3. The molecule has 1 saturated heterocycles. The number of ether oxygens (including phenoxy) is 3. The van der Waals surface area contributed by atoms with Crippen molar-refractivity contribution in [2.45, 2.75) is 45.8 Å². The quantitative estimate of drug-likeness (QED) is 0.544. The number of methoxy groups -OCH3 is 2. The lowest BCUT2D eigenvalue weighted by Gasteiger charge is -2.33. The van der Waals surface area contributed by atoms with E-state index in [1.807, 2.05) is 39.0 Å². The van der Waals surface area contributed by atoms with Gasteiger partial charge in [-0.25, -0.2) is 4.79 Å². The lowest BCUT2D eigenvalue weighted by atomic mass is 9.97. The second-order valence-corrected chi connectivity index (χ2v) is 8.41. The number of nitrogens with one attached hydrogen (secondary N) is 2. The smallest absolute Gasteiger partial charge is 0.410 e. The first kappa shape index (κ1) is 23.6. The highest BCUT2D eigenvalue weighted by molar-refractivity contribution is 5.79. The molecule has 2 N–H and O–H groups in total. The van der Waals surface area contributed by atoms with Gasteiger partial charge >= 0.3 is 6.09 Å². The third-order valence-electron chi connectivity index (χ3n) is 4.96. The average Bonchev–Trinajstić information content (AvgIpc) is 2.72. The van der Waals surface area contributed by atoms with Crippen molar-refractivity contribution in [1.29, 1.82) is 0 Å². The molecule has 0 unspecified atom stereocenters. The minimum atomic E-state index is -0.457. The van der Waals surface area contributed by atoms with E-state index in [0.29, 0.717) is 24.0 Å². The summed E-state index contributed by atoms with van der Waals surface area (Å²) in [5, 5.41) is 6.72. The molecule has 0 aromatic heterocycles. The standard InChI is InChI=1S/C22H36N4O4/c1-22(2,3)30-21(27)26-11-9-16(10-12-26)14-24-20(23-4)25-15-17-7-8-18(28-5)19(13-17)29-6/h7-8,13,16H,9-12,14-15H2,1-6H3,(H2,23,24,25). The van der Waals surface area contributed by atoms with Crippen LogP contribution in [0.2, 0.25) is 0 Å². The highest BCUT2D eigenvalue weighted by Gasteiger charge is 2.26. The van der Waals surface area contributed by atoms with Crippen molar-refractivity contribution in [3.8, 4) is 11.5 Å². The number of carbonyl (C=O) groups is 1. The molecule has 8 nitrogen and oxygen atoms in total. The first-order valence-electron chi connectivity index (χ1n) is 10.4. The second-order valence-electron chi connectivity index (χ2n) is 8.41. The third kappa shape index (κ3) is 7.31. The van der Waals surface area contributed by atoms with Crippen LogP contribution in [0, 0.1) is 5.92 Å². The Morgan fingerprint density at radius 1 is 1.13 bits per heavy atom. The van der Waals surface area contributed by atoms with Gasteiger partial charge in [0, 0.05) is 33.2 Å².